The quantitative estimate of drug-likeness (QED) is 0.707. The first-order valence-electron chi connectivity index (χ1n) is 5.65. The molecule has 4 nitrogen and oxygen atoms in total. The first kappa shape index (κ1) is 11.6. The summed E-state index contributed by atoms with van der Waals surface area (Å²) in [6.45, 7) is 2.64. The summed E-state index contributed by atoms with van der Waals surface area (Å²) in [6.07, 6.45) is 0. The Balaban J connectivity index is 1.78. The third-order valence-electron chi connectivity index (χ3n) is 2.70. The average Bonchev–Trinajstić information content (AvgIpc) is 2.90. The summed E-state index contributed by atoms with van der Waals surface area (Å²) in [5, 5.41) is 3.33. The summed E-state index contributed by atoms with van der Waals surface area (Å²) in [5.41, 5.74) is 3.09. The summed E-state index contributed by atoms with van der Waals surface area (Å²) < 4.78 is 6.41. The molecule has 0 bridgehead atoms. The molecule has 0 radical (unpaired) electrons. The molecule has 2 aromatic heterocycles. The van der Waals surface area contributed by atoms with Crippen molar-refractivity contribution in [2.75, 3.05) is 5.32 Å². The van der Waals surface area contributed by atoms with Gasteiger partial charge in [0.05, 0.1) is 17.6 Å². The van der Waals surface area contributed by atoms with Crippen LogP contribution in [0.15, 0.2) is 34.7 Å². The van der Waals surface area contributed by atoms with E-state index >= 15 is 0 Å². The van der Waals surface area contributed by atoms with Crippen molar-refractivity contribution in [2.24, 2.45) is 0 Å². The molecule has 3 aromatic rings. The Kier molecular flexibility index (Phi) is 2.99. The van der Waals surface area contributed by atoms with Crippen LogP contribution in [0.5, 0.6) is 0 Å². The Morgan fingerprint density at radius 2 is 2.22 bits per heavy atom. The second-order valence-corrected chi connectivity index (χ2v) is 5.18. The summed E-state index contributed by atoms with van der Waals surface area (Å²) >= 11 is 2.16. The van der Waals surface area contributed by atoms with Gasteiger partial charge in [0, 0.05) is 5.69 Å². The molecule has 0 atom stereocenters. The SMILES string of the molecule is Cc1nc2ccc(NCc3ccc(I)o3)cc2[nH]1. The summed E-state index contributed by atoms with van der Waals surface area (Å²) in [6, 6.07) is 10.0. The van der Waals surface area contributed by atoms with E-state index in [4.69, 9.17) is 4.42 Å². The van der Waals surface area contributed by atoms with Gasteiger partial charge in [-0.3, -0.25) is 0 Å². The fourth-order valence-corrected chi connectivity index (χ4v) is 2.35. The van der Waals surface area contributed by atoms with Crippen molar-refractivity contribution in [3.8, 4) is 0 Å². The van der Waals surface area contributed by atoms with Crippen molar-refractivity contribution >= 4 is 39.3 Å². The molecular weight excluding hydrogens is 341 g/mol. The highest BCUT2D eigenvalue weighted by Crippen LogP contribution is 2.18. The van der Waals surface area contributed by atoms with Crippen LogP contribution >= 0.6 is 22.6 Å². The van der Waals surface area contributed by atoms with Gasteiger partial charge < -0.3 is 14.7 Å². The van der Waals surface area contributed by atoms with Crippen LogP contribution in [0.3, 0.4) is 0 Å². The number of hydrogen-bond acceptors (Lipinski definition) is 3. The van der Waals surface area contributed by atoms with E-state index in [-0.39, 0.29) is 0 Å². The molecule has 5 heteroatoms. The monoisotopic (exact) mass is 353 g/mol. The summed E-state index contributed by atoms with van der Waals surface area (Å²) in [7, 11) is 0. The van der Waals surface area contributed by atoms with Gasteiger partial charge in [0.2, 0.25) is 0 Å². The molecule has 0 aliphatic rings. The second kappa shape index (κ2) is 4.64. The topological polar surface area (TPSA) is 53.9 Å². The Morgan fingerprint density at radius 1 is 1.33 bits per heavy atom. The molecule has 0 aliphatic heterocycles. The predicted octanol–water partition coefficient (Wildman–Crippen LogP) is 3.68. The van der Waals surface area contributed by atoms with Gasteiger partial charge in [-0.05, 0) is 59.8 Å². The van der Waals surface area contributed by atoms with Gasteiger partial charge in [0.15, 0.2) is 3.77 Å². The molecule has 2 heterocycles. The first-order chi connectivity index (χ1) is 8.70. The van der Waals surface area contributed by atoms with Crippen LogP contribution in [0, 0.1) is 10.7 Å². The number of aryl methyl sites for hydroxylation is 1. The van der Waals surface area contributed by atoms with E-state index in [9.17, 15) is 0 Å². The number of nitrogens with zero attached hydrogens (tertiary/aromatic N) is 1. The normalized spacial score (nSPS) is 11.0. The number of anilines is 1. The number of imidazole rings is 1. The molecule has 3 rings (SSSR count). The first-order valence-corrected chi connectivity index (χ1v) is 6.73. The highest BCUT2D eigenvalue weighted by Gasteiger charge is 2.02. The average molecular weight is 353 g/mol. The predicted molar refractivity (Wildman–Crippen MR) is 79.6 cm³/mol. The number of furan rings is 1. The summed E-state index contributed by atoms with van der Waals surface area (Å²) in [4.78, 5) is 7.60. The van der Waals surface area contributed by atoms with Crippen molar-refractivity contribution in [3.63, 3.8) is 0 Å². The fourth-order valence-electron chi connectivity index (χ4n) is 1.88. The molecule has 0 saturated heterocycles. The van der Waals surface area contributed by atoms with Crippen molar-refractivity contribution in [2.45, 2.75) is 13.5 Å². The van der Waals surface area contributed by atoms with Crippen LogP contribution in [0.4, 0.5) is 5.69 Å². The molecule has 1 aromatic carbocycles. The van der Waals surface area contributed by atoms with Crippen LogP contribution < -0.4 is 5.32 Å². The second-order valence-electron chi connectivity index (χ2n) is 4.11. The smallest absolute Gasteiger partial charge is 0.164 e. The fraction of sp³-hybridized carbons (Fsp3) is 0.154. The van der Waals surface area contributed by atoms with E-state index in [0.29, 0.717) is 6.54 Å². The maximum Gasteiger partial charge on any atom is 0.164 e. The summed E-state index contributed by atoms with van der Waals surface area (Å²) in [5.74, 6) is 1.86. The molecule has 0 amide bonds. The van der Waals surface area contributed by atoms with Gasteiger partial charge in [-0.2, -0.15) is 0 Å². The van der Waals surface area contributed by atoms with Gasteiger partial charge in [-0.15, -0.1) is 0 Å². The lowest BCUT2D eigenvalue weighted by atomic mass is 10.2. The Hall–Kier alpha value is -1.50. The zero-order chi connectivity index (χ0) is 12.5. The number of aromatic amines is 1. The minimum Gasteiger partial charge on any atom is -0.454 e. The van der Waals surface area contributed by atoms with E-state index in [0.717, 1.165) is 32.1 Å². The number of aromatic nitrogens is 2. The molecule has 2 N–H and O–H groups in total. The van der Waals surface area contributed by atoms with Crippen LogP contribution in [0.2, 0.25) is 0 Å². The van der Waals surface area contributed by atoms with Crippen molar-refractivity contribution < 1.29 is 4.42 Å². The molecule has 0 spiro atoms. The van der Waals surface area contributed by atoms with E-state index in [1.807, 2.05) is 31.2 Å². The van der Waals surface area contributed by atoms with E-state index in [1.54, 1.807) is 0 Å². The largest absolute Gasteiger partial charge is 0.454 e. The van der Waals surface area contributed by atoms with E-state index in [2.05, 4.69) is 43.9 Å². The Bertz CT molecular complexity index is 686. The zero-order valence-corrected chi connectivity index (χ0v) is 12.0. The van der Waals surface area contributed by atoms with Gasteiger partial charge in [0.1, 0.15) is 11.6 Å². The van der Waals surface area contributed by atoms with Crippen LogP contribution in [-0.4, -0.2) is 9.97 Å². The Morgan fingerprint density at radius 3 is 3.00 bits per heavy atom. The minimum absolute atomic E-state index is 0.682. The maximum absolute atomic E-state index is 5.50. The van der Waals surface area contributed by atoms with Crippen LogP contribution in [0.25, 0.3) is 11.0 Å². The number of H-pyrrole nitrogens is 1. The van der Waals surface area contributed by atoms with Crippen LogP contribution in [-0.2, 0) is 6.54 Å². The third-order valence-corrected chi connectivity index (χ3v) is 3.28. The number of rotatable bonds is 3. The molecule has 92 valence electrons. The van der Waals surface area contributed by atoms with Crippen molar-refractivity contribution in [1.29, 1.82) is 0 Å². The maximum atomic E-state index is 5.50. The molecule has 18 heavy (non-hydrogen) atoms. The van der Waals surface area contributed by atoms with Gasteiger partial charge >= 0.3 is 0 Å². The van der Waals surface area contributed by atoms with E-state index < -0.39 is 0 Å². The number of fused-ring (bicyclic) bond motifs is 1. The minimum atomic E-state index is 0.682. The molecular formula is C13H12IN3O. The standard InChI is InChI=1S/C13H12IN3O/c1-8-16-11-4-2-9(6-12(11)17-8)15-7-10-3-5-13(14)18-10/h2-6,15H,7H2,1H3,(H,16,17). The highest BCUT2D eigenvalue weighted by molar-refractivity contribution is 14.1. The molecule has 0 fully saturated rings. The highest BCUT2D eigenvalue weighted by atomic mass is 127. The molecule has 0 saturated carbocycles. The number of hydrogen-bond donors (Lipinski definition) is 2. The lowest BCUT2D eigenvalue weighted by Crippen LogP contribution is -1.97. The lowest BCUT2D eigenvalue weighted by molar-refractivity contribution is 0.493. The number of nitrogens with one attached hydrogen (secondary N) is 2. The van der Waals surface area contributed by atoms with Gasteiger partial charge in [0.25, 0.3) is 0 Å². The van der Waals surface area contributed by atoms with Crippen molar-refractivity contribution in [1.82, 2.24) is 9.97 Å². The molecule has 0 unspecified atom stereocenters. The number of benzene rings is 1. The molecule has 0 aliphatic carbocycles. The van der Waals surface area contributed by atoms with Gasteiger partial charge in [-0.1, -0.05) is 0 Å². The number of halogens is 1. The van der Waals surface area contributed by atoms with Crippen LogP contribution in [0.1, 0.15) is 11.6 Å². The van der Waals surface area contributed by atoms with Crippen molar-refractivity contribution in [3.05, 3.63) is 45.7 Å². The third kappa shape index (κ3) is 2.35. The van der Waals surface area contributed by atoms with E-state index in [1.165, 1.54) is 0 Å². The zero-order valence-electron chi connectivity index (χ0n) is 9.83. The van der Waals surface area contributed by atoms with Gasteiger partial charge in [-0.25, -0.2) is 4.98 Å². The Labute approximate surface area is 118 Å². The lowest BCUT2D eigenvalue weighted by Gasteiger charge is -2.03.